The summed E-state index contributed by atoms with van der Waals surface area (Å²) in [4.78, 5) is 17.0. The summed E-state index contributed by atoms with van der Waals surface area (Å²) >= 11 is 3.41. The fraction of sp³-hybridized carbons (Fsp3) is 0.143. The van der Waals surface area contributed by atoms with Crippen molar-refractivity contribution in [3.63, 3.8) is 0 Å². The van der Waals surface area contributed by atoms with Gasteiger partial charge in [-0.25, -0.2) is 4.98 Å². The average Bonchev–Trinajstić information content (AvgIpc) is 2.64. The van der Waals surface area contributed by atoms with Gasteiger partial charge >= 0.3 is 0 Å². The highest BCUT2D eigenvalue weighted by molar-refractivity contribution is 9.10. The molecule has 0 aliphatic heterocycles. The second-order valence-electron chi connectivity index (χ2n) is 6.26. The van der Waals surface area contributed by atoms with Gasteiger partial charge in [0, 0.05) is 22.0 Å². The van der Waals surface area contributed by atoms with Crippen molar-refractivity contribution in [3.8, 4) is 0 Å². The van der Waals surface area contributed by atoms with Crippen LogP contribution in [0.3, 0.4) is 0 Å². The molecule has 0 bridgehead atoms. The molecule has 2 N–H and O–H groups in total. The third-order valence-corrected chi connectivity index (χ3v) is 4.52. The zero-order valence-electron chi connectivity index (χ0n) is 14.7. The summed E-state index contributed by atoms with van der Waals surface area (Å²) in [6.45, 7) is 4.28. The fourth-order valence-corrected chi connectivity index (χ4v) is 2.77. The predicted octanol–water partition coefficient (Wildman–Crippen LogP) is 5.96. The number of hydrogen-bond donors (Lipinski definition) is 2. The third kappa shape index (κ3) is 4.49. The summed E-state index contributed by atoms with van der Waals surface area (Å²) in [6, 6.07) is 19.1. The molecule has 0 atom stereocenters. The Labute approximate surface area is 161 Å². The third-order valence-electron chi connectivity index (χ3n) is 3.99. The van der Waals surface area contributed by atoms with Gasteiger partial charge in [-0.1, -0.05) is 41.9 Å². The smallest absolute Gasteiger partial charge is 0.259 e. The molecule has 0 spiro atoms. The average molecular weight is 410 g/mol. The maximum Gasteiger partial charge on any atom is 0.259 e. The van der Waals surface area contributed by atoms with Crippen molar-refractivity contribution in [2.45, 2.75) is 19.8 Å². The lowest BCUT2D eigenvalue weighted by Gasteiger charge is -2.12. The van der Waals surface area contributed by atoms with Gasteiger partial charge < -0.3 is 10.6 Å². The number of hydrogen-bond acceptors (Lipinski definition) is 3. The Balaban J connectivity index is 1.78. The van der Waals surface area contributed by atoms with E-state index in [0.29, 0.717) is 17.3 Å². The number of pyridine rings is 1. The van der Waals surface area contributed by atoms with E-state index in [1.807, 2.05) is 48.5 Å². The number of rotatable bonds is 5. The molecule has 0 radical (unpaired) electrons. The molecule has 26 heavy (non-hydrogen) atoms. The Bertz CT molecular complexity index is 890. The van der Waals surface area contributed by atoms with Crippen LogP contribution in [0.2, 0.25) is 0 Å². The zero-order valence-corrected chi connectivity index (χ0v) is 16.2. The van der Waals surface area contributed by atoms with Crippen LogP contribution in [-0.2, 0) is 0 Å². The molecule has 0 aliphatic carbocycles. The van der Waals surface area contributed by atoms with Crippen molar-refractivity contribution in [1.82, 2.24) is 4.98 Å². The van der Waals surface area contributed by atoms with Gasteiger partial charge in [0.1, 0.15) is 5.82 Å². The maximum atomic E-state index is 12.7. The molecule has 1 aromatic heterocycles. The van der Waals surface area contributed by atoms with Crippen molar-refractivity contribution >= 4 is 39.0 Å². The number of carbonyl (C=O) groups excluding carboxylic acids is 1. The van der Waals surface area contributed by atoms with Crippen molar-refractivity contribution < 1.29 is 4.79 Å². The highest BCUT2D eigenvalue weighted by atomic mass is 79.9. The fourth-order valence-electron chi connectivity index (χ4n) is 2.51. The van der Waals surface area contributed by atoms with Crippen LogP contribution in [0.4, 0.5) is 17.2 Å². The summed E-state index contributed by atoms with van der Waals surface area (Å²) in [5.74, 6) is 0.779. The summed E-state index contributed by atoms with van der Waals surface area (Å²) < 4.78 is 0.992. The molecule has 132 valence electrons. The van der Waals surface area contributed by atoms with Crippen LogP contribution >= 0.6 is 15.9 Å². The van der Waals surface area contributed by atoms with Crippen LogP contribution in [0.5, 0.6) is 0 Å². The Kier molecular flexibility index (Phi) is 5.68. The van der Waals surface area contributed by atoms with Crippen LogP contribution in [0.25, 0.3) is 0 Å². The normalized spacial score (nSPS) is 10.6. The molecule has 3 aromatic rings. The van der Waals surface area contributed by atoms with Crippen molar-refractivity contribution in [2.24, 2.45) is 0 Å². The van der Waals surface area contributed by atoms with Crippen LogP contribution in [-0.4, -0.2) is 10.9 Å². The van der Waals surface area contributed by atoms with Gasteiger partial charge in [0.15, 0.2) is 0 Å². The Morgan fingerprint density at radius 2 is 1.62 bits per heavy atom. The molecule has 0 saturated carbocycles. The zero-order chi connectivity index (χ0) is 18.5. The van der Waals surface area contributed by atoms with Crippen LogP contribution < -0.4 is 10.6 Å². The molecule has 4 nitrogen and oxygen atoms in total. The van der Waals surface area contributed by atoms with Crippen molar-refractivity contribution in [3.05, 3.63) is 82.5 Å². The van der Waals surface area contributed by atoms with E-state index in [2.05, 4.69) is 45.4 Å². The molecule has 5 heteroatoms. The summed E-state index contributed by atoms with van der Waals surface area (Å²) in [5.41, 5.74) is 3.35. The van der Waals surface area contributed by atoms with E-state index in [9.17, 15) is 4.79 Å². The molecule has 0 aliphatic rings. The quantitative estimate of drug-likeness (QED) is 0.546. The van der Waals surface area contributed by atoms with Gasteiger partial charge in [-0.15, -0.1) is 0 Å². The lowest BCUT2D eigenvalue weighted by Crippen LogP contribution is -2.14. The topological polar surface area (TPSA) is 54.0 Å². The highest BCUT2D eigenvalue weighted by Crippen LogP contribution is 2.22. The maximum absolute atomic E-state index is 12.7. The van der Waals surface area contributed by atoms with Gasteiger partial charge in [-0.05, 0) is 60.0 Å². The number of amides is 1. The number of anilines is 3. The minimum atomic E-state index is -0.199. The first kappa shape index (κ1) is 18.1. The molecule has 0 fully saturated rings. The number of aromatic nitrogens is 1. The van der Waals surface area contributed by atoms with Gasteiger partial charge in [-0.3, -0.25) is 4.79 Å². The number of nitrogens with zero attached hydrogens (tertiary/aromatic N) is 1. The minimum absolute atomic E-state index is 0.199. The molecule has 0 saturated heterocycles. The number of benzene rings is 2. The van der Waals surface area contributed by atoms with E-state index in [0.717, 1.165) is 15.8 Å². The molecule has 3 rings (SSSR count). The molecule has 2 aromatic carbocycles. The minimum Gasteiger partial charge on any atom is -0.340 e. The van der Waals surface area contributed by atoms with Crippen LogP contribution in [0.1, 0.15) is 35.7 Å². The Morgan fingerprint density at radius 3 is 2.27 bits per heavy atom. The van der Waals surface area contributed by atoms with Gasteiger partial charge in [0.2, 0.25) is 0 Å². The van der Waals surface area contributed by atoms with Crippen molar-refractivity contribution in [2.75, 3.05) is 10.6 Å². The first-order chi connectivity index (χ1) is 12.5. The molecule has 0 unspecified atom stereocenters. The van der Waals surface area contributed by atoms with Crippen LogP contribution in [0, 0.1) is 0 Å². The SMILES string of the molecule is CC(C)c1ccc(NC(=O)c2cccnc2Nc2ccc(Br)cc2)cc1. The van der Waals surface area contributed by atoms with E-state index in [4.69, 9.17) is 0 Å². The van der Waals surface area contributed by atoms with Crippen molar-refractivity contribution in [1.29, 1.82) is 0 Å². The van der Waals surface area contributed by atoms with E-state index in [1.54, 1.807) is 18.3 Å². The van der Waals surface area contributed by atoms with E-state index >= 15 is 0 Å². The van der Waals surface area contributed by atoms with E-state index in [1.165, 1.54) is 5.56 Å². The Hall–Kier alpha value is -2.66. The van der Waals surface area contributed by atoms with Gasteiger partial charge in [-0.2, -0.15) is 0 Å². The molecular formula is C21H20BrN3O. The molecular weight excluding hydrogens is 390 g/mol. The number of carbonyl (C=O) groups is 1. The van der Waals surface area contributed by atoms with Gasteiger partial charge in [0.25, 0.3) is 5.91 Å². The van der Waals surface area contributed by atoms with Gasteiger partial charge in [0.05, 0.1) is 5.56 Å². The lowest BCUT2D eigenvalue weighted by molar-refractivity contribution is 0.102. The van der Waals surface area contributed by atoms with E-state index < -0.39 is 0 Å². The summed E-state index contributed by atoms with van der Waals surface area (Å²) in [7, 11) is 0. The number of nitrogens with one attached hydrogen (secondary N) is 2. The van der Waals surface area contributed by atoms with Crippen LogP contribution in [0.15, 0.2) is 71.3 Å². The highest BCUT2D eigenvalue weighted by Gasteiger charge is 2.13. The second kappa shape index (κ2) is 8.15. The number of halogens is 1. The summed E-state index contributed by atoms with van der Waals surface area (Å²) in [6.07, 6.45) is 1.66. The van der Waals surface area contributed by atoms with E-state index in [-0.39, 0.29) is 5.91 Å². The second-order valence-corrected chi connectivity index (χ2v) is 7.18. The monoisotopic (exact) mass is 409 g/mol. The first-order valence-electron chi connectivity index (χ1n) is 8.42. The Morgan fingerprint density at radius 1 is 0.962 bits per heavy atom. The summed E-state index contributed by atoms with van der Waals surface area (Å²) in [5, 5.41) is 6.13. The lowest BCUT2D eigenvalue weighted by atomic mass is 10.0. The molecule has 1 heterocycles. The molecule has 1 amide bonds. The first-order valence-corrected chi connectivity index (χ1v) is 9.21. The largest absolute Gasteiger partial charge is 0.340 e. The standard InChI is InChI=1S/C21H20BrN3O/c1-14(2)15-5-9-18(10-6-15)25-21(26)19-4-3-13-23-20(19)24-17-11-7-16(22)8-12-17/h3-14H,1-2H3,(H,23,24)(H,25,26). The predicted molar refractivity (Wildman–Crippen MR) is 110 cm³/mol.